The number of fused-ring (bicyclic) bond motifs is 2. The van der Waals surface area contributed by atoms with E-state index in [9.17, 15) is 9.59 Å². The standard InChI is InChI=1S/C20H21N5O2S/c1-11-13(3)28-19-17(11)20(27)25(10-21-19)9-8-16(26)22-12(2)18-23-14-6-4-5-7-15(14)24-18/h4-7,10,12H,8-9H2,1-3H3,(H,22,26)(H,23,24)/t12-/m0/s1. The molecule has 0 saturated carbocycles. The lowest BCUT2D eigenvalue weighted by molar-refractivity contribution is -0.122. The van der Waals surface area contributed by atoms with Crippen molar-refractivity contribution in [3.63, 3.8) is 0 Å². The van der Waals surface area contributed by atoms with Crippen LogP contribution in [-0.2, 0) is 11.3 Å². The first kappa shape index (κ1) is 18.4. The summed E-state index contributed by atoms with van der Waals surface area (Å²) in [5.74, 6) is 0.567. The highest BCUT2D eigenvalue weighted by atomic mass is 32.1. The third-order valence-electron chi connectivity index (χ3n) is 4.93. The fourth-order valence-corrected chi connectivity index (χ4v) is 4.20. The van der Waals surface area contributed by atoms with Gasteiger partial charge in [-0.15, -0.1) is 11.3 Å². The van der Waals surface area contributed by atoms with Crippen LogP contribution in [-0.4, -0.2) is 25.4 Å². The van der Waals surface area contributed by atoms with Gasteiger partial charge >= 0.3 is 0 Å². The summed E-state index contributed by atoms with van der Waals surface area (Å²) >= 11 is 1.52. The molecule has 3 aromatic heterocycles. The number of nitrogens with one attached hydrogen (secondary N) is 2. The van der Waals surface area contributed by atoms with Crippen LogP contribution < -0.4 is 10.9 Å². The second kappa shape index (κ2) is 7.20. The van der Waals surface area contributed by atoms with Gasteiger partial charge in [0.1, 0.15) is 10.7 Å². The van der Waals surface area contributed by atoms with Crippen molar-refractivity contribution in [2.24, 2.45) is 0 Å². The third kappa shape index (κ3) is 3.31. The second-order valence-corrected chi connectivity index (χ2v) is 8.09. The highest BCUT2D eigenvalue weighted by molar-refractivity contribution is 7.18. The van der Waals surface area contributed by atoms with E-state index >= 15 is 0 Å². The van der Waals surface area contributed by atoms with Gasteiger partial charge in [-0.25, -0.2) is 9.97 Å². The predicted molar refractivity (Wildman–Crippen MR) is 111 cm³/mol. The van der Waals surface area contributed by atoms with Crippen molar-refractivity contribution in [3.8, 4) is 0 Å². The van der Waals surface area contributed by atoms with Gasteiger partial charge in [0.25, 0.3) is 5.56 Å². The number of rotatable bonds is 5. The van der Waals surface area contributed by atoms with Gasteiger partial charge in [0, 0.05) is 17.8 Å². The molecule has 7 nitrogen and oxygen atoms in total. The smallest absolute Gasteiger partial charge is 0.262 e. The molecule has 0 fully saturated rings. The summed E-state index contributed by atoms with van der Waals surface area (Å²) in [6, 6.07) is 7.49. The number of aromatic nitrogens is 4. The van der Waals surface area contributed by atoms with Crippen LogP contribution >= 0.6 is 11.3 Å². The van der Waals surface area contributed by atoms with Crippen LogP contribution in [0.4, 0.5) is 0 Å². The topological polar surface area (TPSA) is 92.7 Å². The molecule has 0 bridgehead atoms. The van der Waals surface area contributed by atoms with Crippen LogP contribution in [0.2, 0.25) is 0 Å². The Bertz CT molecular complexity index is 1200. The van der Waals surface area contributed by atoms with Crippen molar-refractivity contribution in [2.75, 3.05) is 0 Å². The summed E-state index contributed by atoms with van der Waals surface area (Å²) in [4.78, 5) is 39.0. The molecule has 1 amide bonds. The number of hydrogen-bond donors (Lipinski definition) is 2. The Balaban J connectivity index is 1.44. The van der Waals surface area contributed by atoms with Gasteiger partial charge in [-0.2, -0.15) is 0 Å². The van der Waals surface area contributed by atoms with E-state index in [1.807, 2.05) is 45.0 Å². The monoisotopic (exact) mass is 395 g/mol. The maximum atomic E-state index is 12.7. The van der Waals surface area contributed by atoms with Crippen LogP contribution in [0.3, 0.4) is 0 Å². The second-order valence-electron chi connectivity index (χ2n) is 6.88. The molecule has 1 aromatic carbocycles. The molecule has 144 valence electrons. The zero-order chi connectivity index (χ0) is 19.8. The summed E-state index contributed by atoms with van der Waals surface area (Å²) in [5, 5.41) is 3.59. The van der Waals surface area contributed by atoms with Crippen molar-refractivity contribution in [1.29, 1.82) is 0 Å². The Kier molecular flexibility index (Phi) is 4.72. The number of H-pyrrole nitrogens is 1. The first-order valence-electron chi connectivity index (χ1n) is 9.13. The van der Waals surface area contributed by atoms with Crippen LogP contribution in [0.5, 0.6) is 0 Å². The number of amides is 1. The molecule has 2 N–H and O–H groups in total. The van der Waals surface area contributed by atoms with E-state index in [0.29, 0.717) is 11.2 Å². The molecule has 0 radical (unpaired) electrons. The Morgan fingerprint density at radius 2 is 2.11 bits per heavy atom. The Morgan fingerprint density at radius 3 is 2.89 bits per heavy atom. The number of para-hydroxylation sites is 2. The van der Waals surface area contributed by atoms with Crippen molar-refractivity contribution in [1.82, 2.24) is 24.8 Å². The summed E-state index contributed by atoms with van der Waals surface area (Å²) < 4.78 is 1.51. The first-order chi connectivity index (χ1) is 13.4. The molecule has 0 aliphatic heterocycles. The zero-order valence-electron chi connectivity index (χ0n) is 15.9. The van der Waals surface area contributed by atoms with E-state index in [1.54, 1.807) is 0 Å². The third-order valence-corrected chi connectivity index (χ3v) is 6.05. The van der Waals surface area contributed by atoms with Crippen LogP contribution in [0.15, 0.2) is 35.4 Å². The Morgan fingerprint density at radius 1 is 1.32 bits per heavy atom. The quantitative estimate of drug-likeness (QED) is 0.543. The number of benzene rings is 1. The van der Waals surface area contributed by atoms with Gasteiger partial charge in [-0.05, 0) is 38.5 Å². The van der Waals surface area contributed by atoms with Crippen molar-refractivity contribution in [3.05, 3.63) is 57.2 Å². The molecular weight excluding hydrogens is 374 g/mol. The molecule has 8 heteroatoms. The van der Waals surface area contributed by atoms with Crippen LogP contribution in [0.1, 0.15) is 35.7 Å². The summed E-state index contributed by atoms with van der Waals surface area (Å²) in [5.41, 5.74) is 2.68. The van der Waals surface area contributed by atoms with Crippen LogP contribution in [0.25, 0.3) is 21.3 Å². The number of aryl methyl sites for hydroxylation is 3. The van der Waals surface area contributed by atoms with Crippen molar-refractivity contribution >= 4 is 38.5 Å². The molecule has 4 aromatic rings. The van der Waals surface area contributed by atoms with Crippen molar-refractivity contribution in [2.45, 2.75) is 39.8 Å². The van der Waals surface area contributed by atoms with Gasteiger partial charge < -0.3 is 10.3 Å². The summed E-state index contributed by atoms with van der Waals surface area (Å²) in [6.45, 7) is 6.09. The SMILES string of the molecule is Cc1sc2ncn(CCC(=O)N[C@@H](C)c3nc4ccccc4[nH]3)c(=O)c2c1C. The fraction of sp³-hybridized carbons (Fsp3) is 0.300. The van der Waals surface area contributed by atoms with E-state index in [4.69, 9.17) is 0 Å². The number of hydrogen-bond acceptors (Lipinski definition) is 5. The molecule has 3 heterocycles. The molecule has 1 atom stereocenters. The number of aromatic amines is 1. The number of carbonyl (C=O) groups excluding carboxylic acids is 1. The van der Waals surface area contributed by atoms with E-state index in [2.05, 4.69) is 20.3 Å². The predicted octanol–water partition coefficient (Wildman–Crippen LogP) is 3.22. The normalized spacial score (nSPS) is 12.5. The zero-order valence-corrected chi connectivity index (χ0v) is 16.8. The Labute approximate surface area is 165 Å². The van der Waals surface area contributed by atoms with Gasteiger partial charge in [0.2, 0.25) is 5.91 Å². The van der Waals surface area contributed by atoms with Gasteiger partial charge in [-0.3, -0.25) is 14.2 Å². The summed E-state index contributed by atoms with van der Waals surface area (Å²) in [6.07, 6.45) is 1.72. The minimum atomic E-state index is -0.251. The number of thiophene rings is 1. The average molecular weight is 395 g/mol. The molecular formula is C20H21N5O2S. The van der Waals surface area contributed by atoms with E-state index in [1.165, 1.54) is 22.2 Å². The number of nitrogens with zero attached hydrogens (tertiary/aromatic N) is 3. The molecule has 28 heavy (non-hydrogen) atoms. The molecule has 0 spiro atoms. The van der Waals surface area contributed by atoms with E-state index < -0.39 is 0 Å². The maximum Gasteiger partial charge on any atom is 0.262 e. The minimum Gasteiger partial charge on any atom is -0.346 e. The lowest BCUT2D eigenvalue weighted by atomic mass is 10.2. The first-order valence-corrected chi connectivity index (χ1v) is 9.95. The largest absolute Gasteiger partial charge is 0.346 e. The molecule has 4 rings (SSSR count). The molecule has 0 saturated heterocycles. The average Bonchev–Trinajstić information content (AvgIpc) is 3.23. The maximum absolute atomic E-state index is 12.7. The molecule has 0 aliphatic carbocycles. The van der Waals surface area contributed by atoms with Crippen molar-refractivity contribution < 1.29 is 4.79 Å². The fourth-order valence-electron chi connectivity index (χ4n) is 3.21. The highest BCUT2D eigenvalue weighted by Gasteiger charge is 2.15. The number of imidazole rings is 1. The van der Waals surface area contributed by atoms with Gasteiger partial charge in [0.15, 0.2) is 0 Å². The minimum absolute atomic E-state index is 0.0926. The summed E-state index contributed by atoms with van der Waals surface area (Å²) in [7, 11) is 0. The molecule has 0 unspecified atom stereocenters. The van der Waals surface area contributed by atoms with Crippen LogP contribution in [0, 0.1) is 13.8 Å². The number of carbonyl (C=O) groups is 1. The van der Waals surface area contributed by atoms with Gasteiger partial charge in [-0.1, -0.05) is 12.1 Å². The molecule has 0 aliphatic rings. The van der Waals surface area contributed by atoms with Gasteiger partial charge in [0.05, 0.1) is 28.8 Å². The van der Waals surface area contributed by atoms with E-state index in [0.717, 1.165) is 26.3 Å². The van der Waals surface area contributed by atoms with E-state index in [-0.39, 0.29) is 30.5 Å². The Hall–Kier alpha value is -3.00. The lowest BCUT2D eigenvalue weighted by Crippen LogP contribution is -2.30. The highest BCUT2D eigenvalue weighted by Crippen LogP contribution is 2.25. The lowest BCUT2D eigenvalue weighted by Gasteiger charge is -2.12.